The molecule has 0 spiro atoms. The lowest BCUT2D eigenvalue weighted by Crippen LogP contribution is -2.50. The number of aromatic nitrogens is 3. The zero-order valence-corrected chi connectivity index (χ0v) is 20.6. The van der Waals surface area contributed by atoms with E-state index in [1.165, 1.54) is 12.5 Å². The van der Waals surface area contributed by atoms with Crippen LogP contribution in [0.4, 0.5) is 0 Å². The number of primary amides is 1. The smallest absolute Gasteiger partial charge is 0.242 e. The van der Waals surface area contributed by atoms with Gasteiger partial charge >= 0.3 is 0 Å². The van der Waals surface area contributed by atoms with Crippen LogP contribution in [0.2, 0.25) is 0 Å². The van der Waals surface area contributed by atoms with Crippen LogP contribution in [0, 0.1) is 0 Å². The third kappa shape index (κ3) is 7.23. The molecule has 0 saturated heterocycles. The molecule has 8 heteroatoms. The standard InChI is InChI=1S/C27H35N5O3/c1-18(2)20-12-14-21(15-13-20)32-22(17-24(31-32)23-10-7-8-16-29-23)9-5-4-6-11-25(34)30-26(19(3)33)27(28)35/h7-8,10,12-19,26,33H,4-6,9,11H2,1-3H3,(H2,28,35)(H,30,34)/t19-,26+/m1/s1. The van der Waals surface area contributed by atoms with E-state index in [1.54, 1.807) is 6.20 Å². The highest BCUT2D eigenvalue weighted by Crippen LogP contribution is 2.23. The number of carbonyl (C=O) groups excluding carboxylic acids is 2. The van der Waals surface area contributed by atoms with Crippen LogP contribution in [0.3, 0.4) is 0 Å². The van der Waals surface area contributed by atoms with Gasteiger partial charge in [0.2, 0.25) is 11.8 Å². The quantitative estimate of drug-likeness (QED) is 0.345. The second-order valence-electron chi connectivity index (χ2n) is 9.14. The minimum atomic E-state index is -1.07. The number of carbonyl (C=O) groups is 2. The lowest BCUT2D eigenvalue weighted by atomic mass is 10.0. The van der Waals surface area contributed by atoms with Crippen LogP contribution in [-0.2, 0) is 16.0 Å². The van der Waals surface area contributed by atoms with Gasteiger partial charge < -0.3 is 16.2 Å². The molecule has 0 saturated carbocycles. The van der Waals surface area contributed by atoms with Crippen molar-refractivity contribution in [3.63, 3.8) is 0 Å². The first-order valence-electron chi connectivity index (χ1n) is 12.1. The van der Waals surface area contributed by atoms with Crippen molar-refractivity contribution in [3.8, 4) is 17.1 Å². The Hall–Kier alpha value is -3.52. The number of amides is 2. The molecule has 0 aliphatic carbocycles. The van der Waals surface area contributed by atoms with Crippen LogP contribution < -0.4 is 11.1 Å². The van der Waals surface area contributed by atoms with Crippen LogP contribution in [0.25, 0.3) is 17.1 Å². The van der Waals surface area contributed by atoms with Crippen molar-refractivity contribution in [3.05, 3.63) is 66.0 Å². The van der Waals surface area contributed by atoms with Crippen molar-refractivity contribution in [1.82, 2.24) is 20.1 Å². The molecule has 3 rings (SSSR count). The molecule has 0 radical (unpaired) electrons. The highest BCUT2D eigenvalue weighted by Gasteiger charge is 2.22. The van der Waals surface area contributed by atoms with Gasteiger partial charge in [0.1, 0.15) is 11.7 Å². The predicted molar refractivity (Wildman–Crippen MR) is 136 cm³/mol. The van der Waals surface area contributed by atoms with Gasteiger partial charge in [-0.05, 0) is 68.0 Å². The largest absolute Gasteiger partial charge is 0.391 e. The Kier molecular flexibility index (Phi) is 9.14. The van der Waals surface area contributed by atoms with Crippen molar-refractivity contribution in [2.75, 3.05) is 0 Å². The Morgan fingerprint density at radius 2 is 1.77 bits per heavy atom. The Balaban J connectivity index is 1.64. The fraction of sp³-hybridized carbons (Fsp3) is 0.407. The van der Waals surface area contributed by atoms with E-state index in [0.717, 1.165) is 42.0 Å². The molecule has 0 aliphatic heterocycles. The van der Waals surface area contributed by atoms with Crippen LogP contribution in [0.1, 0.15) is 63.6 Å². The second kappa shape index (κ2) is 12.3. The number of aliphatic hydroxyl groups excluding tert-OH is 1. The van der Waals surface area contributed by atoms with Crippen molar-refractivity contribution in [2.45, 2.75) is 70.9 Å². The van der Waals surface area contributed by atoms with Gasteiger partial charge in [-0.1, -0.05) is 38.5 Å². The van der Waals surface area contributed by atoms with E-state index in [-0.39, 0.29) is 12.3 Å². The van der Waals surface area contributed by atoms with E-state index >= 15 is 0 Å². The normalized spacial score (nSPS) is 12.9. The summed E-state index contributed by atoms with van der Waals surface area (Å²) in [5.74, 6) is -0.574. The molecule has 0 bridgehead atoms. The van der Waals surface area contributed by atoms with Crippen molar-refractivity contribution < 1.29 is 14.7 Å². The summed E-state index contributed by atoms with van der Waals surface area (Å²) in [6.45, 7) is 5.77. The minimum Gasteiger partial charge on any atom is -0.391 e. The molecule has 2 aromatic heterocycles. The summed E-state index contributed by atoms with van der Waals surface area (Å²) in [7, 11) is 0. The number of nitrogens with two attached hydrogens (primary N) is 1. The Morgan fingerprint density at radius 1 is 1.03 bits per heavy atom. The van der Waals surface area contributed by atoms with Crippen LogP contribution >= 0.6 is 0 Å². The second-order valence-corrected chi connectivity index (χ2v) is 9.14. The Bertz CT molecular complexity index is 1110. The fourth-order valence-corrected chi connectivity index (χ4v) is 3.90. The summed E-state index contributed by atoms with van der Waals surface area (Å²) < 4.78 is 1.97. The summed E-state index contributed by atoms with van der Waals surface area (Å²) in [5.41, 5.74) is 10.2. The summed E-state index contributed by atoms with van der Waals surface area (Å²) in [6, 6.07) is 15.2. The molecule has 35 heavy (non-hydrogen) atoms. The molecule has 186 valence electrons. The maximum Gasteiger partial charge on any atom is 0.242 e. The zero-order valence-electron chi connectivity index (χ0n) is 20.6. The number of hydrogen-bond acceptors (Lipinski definition) is 5. The maximum atomic E-state index is 12.1. The summed E-state index contributed by atoms with van der Waals surface area (Å²) in [5, 5.41) is 16.9. The molecule has 2 amide bonds. The summed E-state index contributed by atoms with van der Waals surface area (Å²) >= 11 is 0. The number of benzene rings is 1. The summed E-state index contributed by atoms with van der Waals surface area (Å²) in [4.78, 5) is 27.9. The van der Waals surface area contributed by atoms with Gasteiger partial charge in [0.05, 0.1) is 17.5 Å². The number of rotatable bonds is 12. The number of nitrogens with one attached hydrogen (secondary N) is 1. The first-order valence-corrected chi connectivity index (χ1v) is 12.1. The van der Waals surface area contributed by atoms with Gasteiger partial charge in [0, 0.05) is 18.3 Å². The molecular weight excluding hydrogens is 442 g/mol. The topological polar surface area (TPSA) is 123 Å². The molecule has 0 aliphatic rings. The van der Waals surface area contributed by atoms with E-state index < -0.39 is 18.1 Å². The number of aryl methyl sites for hydroxylation is 1. The van der Waals surface area contributed by atoms with Gasteiger partial charge in [-0.3, -0.25) is 14.6 Å². The average molecular weight is 478 g/mol. The fourth-order valence-electron chi connectivity index (χ4n) is 3.90. The van der Waals surface area contributed by atoms with Gasteiger partial charge in [0.25, 0.3) is 0 Å². The lowest BCUT2D eigenvalue weighted by Gasteiger charge is -2.17. The minimum absolute atomic E-state index is 0.269. The first kappa shape index (κ1) is 26.1. The average Bonchev–Trinajstić information content (AvgIpc) is 3.26. The number of hydrogen-bond donors (Lipinski definition) is 3. The van der Waals surface area contributed by atoms with E-state index in [4.69, 9.17) is 10.8 Å². The van der Waals surface area contributed by atoms with Crippen LogP contribution in [-0.4, -0.2) is 43.8 Å². The number of aliphatic hydroxyl groups is 1. The highest BCUT2D eigenvalue weighted by molar-refractivity contribution is 5.87. The molecule has 2 atom stereocenters. The Labute approximate surface area is 206 Å². The predicted octanol–water partition coefficient (Wildman–Crippen LogP) is 3.51. The molecule has 0 fully saturated rings. The number of nitrogens with zero attached hydrogens (tertiary/aromatic N) is 3. The van der Waals surface area contributed by atoms with E-state index in [2.05, 4.69) is 54.5 Å². The molecule has 8 nitrogen and oxygen atoms in total. The zero-order chi connectivity index (χ0) is 25.4. The van der Waals surface area contributed by atoms with Crippen molar-refractivity contribution >= 4 is 11.8 Å². The lowest BCUT2D eigenvalue weighted by molar-refractivity contribution is -0.129. The van der Waals surface area contributed by atoms with Crippen molar-refractivity contribution in [1.29, 1.82) is 0 Å². The molecule has 2 heterocycles. The number of unbranched alkanes of at least 4 members (excludes halogenated alkanes) is 2. The third-order valence-corrected chi connectivity index (χ3v) is 5.96. The highest BCUT2D eigenvalue weighted by atomic mass is 16.3. The number of pyridine rings is 1. The Morgan fingerprint density at radius 3 is 2.37 bits per heavy atom. The first-order chi connectivity index (χ1) is 16.8. The van der Waals surface area contributed by atoms with E-state index in [0.29, 0.717) is 12.3 Å². The SMILES string of the molecule is CC(C)c1ccc(-n2nc(-c3ccccn3)cc2CCCCCC(=O)N[C@H](C(N)=O)[C@@H](C)O)cc1. The van der Waals surface area contributed by atoms with Gasteiger partial charge in [-0.25, -0.2) is 4.68 Å². The molecule has 3 aromatic rings. The van der Waals surface area contributed by atoms with Gasteiger partial charge in [-0.2, -0.15) is 5.10 Å². The van der Waals surface area contributed by atoms with Crippen LogP contribution in [0.15, 0.2) is 54.7 Å². The van der Waals surface area contributed by atoms with E-state index in [9.17, 15) is 14.7 Å². The third-order valence-electron chi connectivity index (χ3n) is 5.96. The molecule has 0 unspecified atom stereocenters. The van der Waals surface area contributed by atoms with Gasteiger partial charge in [0.15, 0.2) is 0 Å². The summed E-state index contributed by atoms with van der Waals surface area (Å²) in [6.07, 6.45) is 4.18. The molecular formula is C27H35N5O3. The molecule has 4 N–H and O–H groups in total. The van der Waals surface area contributed by atoms with E-state index in [1.807, 2.05) is 22.9 Å². The monoisotopic (exact) mass is 477 g/mol. The maximum absolute atomic E-state index is 12.1. The van der Waals surface area contributed by atoms with Crippen LogP contribution in [0.5, 0.6) is 0 Å². The molecule has 1 aromatic carbocycles. The van der Waals surface area contributed by atoms with Crippen molar-refractivity contribution in [2.24, 2.45) is 5.73 Å². The van der Waals surface area contributed by atoms with Gasteiger partial charge in [-0.15, -0.1) is 0 Å².